The first kappa shape index (κ1) is 9.47. The van der Waals surface area contributed by atoms with E-state index in [2.05, 4.69) is 19.2 Å². The minimum Gasteiger partial charge on any atom is -0.374 e. The Hall–Kier alpha value is -0.0800. The maximum Gasteiger partial charge on any atom is 0.0732 e. The van der Waals surface area contributed by atoms with Crippen molar-refractivity contribution in [1.82, 2.24) is 5.32 Å². The summed E-state index contributed by atoms with van der Waals surface area (Å²) >= 11 is 0. The van der Waals surface area contributed by atoms with Gasteiger partial charge in [0, 0.05) is 6.04 Å². The highest BCUT2D eigenvalue weighted by atomic mass is 16.5. The molecule has 0 aromatic carbocycles. The van der Waals surface area contributed by atoms with Gasteiger partial charge in [0.25, 0.3) is 0 Å². The van der Waals surface area contributed by atoms with Gasteiger partial charge in [-0.3, -0.25) is 0 Å². The second-order valence-electron chi connectivity index (χ2n) is 4.75. The van der Waals surface area contributed by atoms with Gasteiger partial charge in [-0.1, -0.05) is 6.92 Å². The van der Waals surface area contributed by atoms with Gasteiger partial charge in [-0.15, -0.1) is 0 Å². The molecule has 0 aromatic rings. The van der Waals surface area contributed by atoms with Crippen LogP contribution in [-0.2, 0) is 4.74 Å². The first-order valence-corrected chi connectivity index (χ1v) is 5.64. The van der Waals surface area contributed by atoms with Crippen LogP contribution in [0.1, 0.15) is 39.5 Å². The van der Waals surface area contributed by atoms with Crippen molar-refractivity contribution in [1.29, 1.82) is 0 Å². The van der Waals surface area contributed by atoms with Crippen LogP contribution in [0.4, 0.5) is 0 Å². The third kappa shape index (κ3) is 2.23. The van der Waals surface area contributed by atoms with Crippen LogP contribution in [0.3, 0.4) is 0 Å². The monoisotopic (exact) mass is 183 g/mol. The van der Waals surface area contributed by atoms with Crippen LogP contribution < -0.4 is 5.32 Å². The topological polar surface area (TPSA) is 21.3 Å². The lowest BCUT2D eigenvalue weighted by Crippen LogP contribution is -2.45. The zero-order valence-electron chi connectivity index (χ0n) is 8.75. The number of piperidine rings is 1. The highest BCUT2D eigenvalue weighted by Gasteiger charge is 2.31. The molecule has 4 atom stereocenters. The van der Waals surface area contributed by atoms with Crippen LogP contribution in [0, 0.1) is 5.92 Å². The molecule has 2 rings (SSSR count). The second-order valence-corrected chi connectivity index (χ2v) is 4.75. The molecule has 0 amide bonds. The van der Waals surface area contributed by atoms with E-state index >= 15 is 0 Å². The Kier molecular flexibility index (Phi) is 2.89. The minimum atomic E-state index is 0.490. The molecule has 2 aliphatic rings. The molecule has 0 aliphatic carbocycles. The van der Waals surface area contributed by atoms with Gasteiger partial charge < -0.3 is 10.1 Å². The summed E-state index contributed by atoms with van der Waals surface area (Å²) in [6, 6.07) is 0.633. The standard InChI is InChI=1S/C11H21NO/c1-8-5-6-12-10(7-8)11-4-3-9(2)13-11/h8-12H,3-7H2,1-2H3/t8-,9-,10+,11-/m0/s1. The van der Waals surface area contributed by atoms with Gasteiger partial charge in [0.15, 0.2) is 0 Å². The van der Waals surface area contributed by atoms with Gasteiger partial charge in [-0.05, 0) is 45.1 Å². The molecular weight excluding hydrogens is 162 g/mol. The summed E-state index contributed by atoms with van der Waals surface area (Å²) in [5.74, 6) is 0.880. The van der Waals surface area contributed by atoms with Crippen LogP contribution in [-0.4, -0.2) is 24.8 Å². The van der Waals surface area contributed by atoms with Crippen molar-refractivity contribution in [3.8, 4) is 0 Å². The largest absolute Gasteiger partial charge is 0.374 e. The lowest BCUT2D eigenvalue weighted by atomic mass is 9.90. The van der Waals surface area contributed by atoms with E-state index < -0.39 is 0 Å². The van der Waals surface area contributed by atoms with Crippen molar-refractivity contribution in [2.45, 2.75) is 57.8 Å². The number of ether oxygens (including phenoxy) is 1. The minimum absolute atomic E-state index is 0.490. The smallest absolute Gasteiger partial charge is 0.0732 e. The van der Waals surface area contributed by atoms with Crippen LogP contribution in [0.5, 0.6) is 0 Å². The quantitative estimate of drug-likeness (QED) is 0.671. The number of hydrogen-bond donors (Lipinski definition) is 1. The Balaban J connectivity index is 1.85. The fourth-order valence-corrected chi connectivity index (χ4v) is 2.56. The van der Waals surface area contributed by atoms with E-state index in [4.69, 9.17) is 4.74 Å². The molecule has 2 aliphatic heterocycles. The summed E-state index contributed by atoms with van der Waals surface area (Å²) in [6.07, 6.45) is 6.13. The second kappa shape index (κ2) is 3.97. The van der Waals surface area contributed by atoms with Gasteiger partial charge in [0.1, 0.15) is 0 Å². The molecule has 0 bridgehead atoms. The van der Waals surface area contributed by atoms with Crippen LogP contribution in [0.2, 0.25) is 0 Å². The molecule has 2 saturated heterocycles. The fourth-order valence-electron chi connectivity index (χ4n) is 2.56. The predicted octanol–water partition coefficient (Wildman–Crippen LogP) is 1.94. The molecule has 76 valence electrons. The molecule has 13 heavy (non-hydrogen) atoms. The maximum absolute atomic E-state index is 5.89. The van der Waals surface area contributed by atoms with Crippen molar-refractivity contribution in [2.24, 2.45) is 5.92 Å². The fraction of sp³-hybridized carbons (Fsp3) is 1.00. The Labute approximate surface area is 81.0 Å². The van der Waals surface area contributed by atoms with Crippen LogP contribution >= 0.6 is 0 Å². The highest BCUT2D eigenvalue weighted by molar-refractivity contribution is 4.86. The summed E-state index contributed by atoms with van der Waals surface area (Å²) in [5, 5.41) is 3.59. The molecule has 2 heterocycles. The average Bonchev–Trinajstić information content (AvgIpc) is 2.52. The molecule has 2 fully saturated rings. The van der Waals surface area contributed by atoms with Crippen molar-refractivity contribution < 1.29 is 4.74 Å². The molecule has 0 unspecified atom stereocenters. The van der Waals surface area contributed by atoms with E-state index in [0.29, 0.717) is 18.2 Å². The molecule has 0 aromatic heterocycles. The summed E-state index contributed by atoms with van der Waals surface area (Å²) in [7, 11) is 0. The molecule has 2 heteroatoms. The summed E-state index contributed by atoms with van der Waals surface area (Å²) in [4.78, 5) is 0. The molecule has 2 nitrogen and oxygen atoms in total. The van der Waals surface area contributed by atoms with Crippen molar-refractivity contribution in [2.75, 3.05) is 6.54 Å². The maximum atomic E-state index is 5.89. The zero-order valence-corrected chi connectivity index (χ0v) is 8.75. The van der Waals surface area contributed by atoms with E-state index in [0.717, 1.165) is 5.92 Å². The number of rotatable bonds is 1. The van der Waals surface area contributed by atoms with E-state index in [9.17, 15) is 0 Å². The molecule has 0 radical (unpaired) electrons. The van der Waals surface area contributed by atoms with Crippen LogP contribution in [0.15, 0.2) is 0 Å². The van der Waals surface area contributed by atoms with E-state index in [1.807, 2.05) is 0 Å². The molecular formula is C11H21NO. The summed E-state index contributed by atoms with van der Waals surface area (Å²) in [6.45, 7) is 5.72. The molecule has 0 saturated carbocycles. The molecule has 0 spiro atoms. The lowest BCUT2D eigenvalue weighted by molar-refractivity contribution is 0.0210. The van der Waals surface area contributed by atoms with Gasteiger partial charge in [0.2, 0.25) is 0 Å². The average molecular weight is 183 g/mol. The predicted molar refractivity (Wildman–Crippen MR) is 53.8 cm³/mol. The van der Waals surface area contributed by atoms with Gasteiger partial charge >= 0.3 is 0 Å². The normalized spacial score (nSPS) is 46.6. The Morgan fingerprint density at radius 1 is 1.15 bits per heavy atom. The van der Waals surface area contributed by atoms with Crippen molar-refractivity contribution in [3.05, 3.63) is 0 Å². The third-order valence-electron chi connectivity index (χ3n) is 3.41. The van der Waals surface area contributed by atoms with Crippen molar-refractivity contribution in [3.63, 3.8) is 0 Å². The van der Waals surface area contributed by atoms with E-state index in [-0.39, 0.29) is 0 Å². The van der Waals surface area contributed by atoms with Gasteiger partial charge in [-0.25, -0.2) is 0 Å². The summed E-state index contributed by atoms with van der Waals surface area (Å²) in [5.41, 5.74) is 0. The van der Waals surface area contributed by atoms with E-state index in [1.54, 1.807) is 0 Å². The van der Waals surface area contributed by atoms with Gasteiger partial charge in [0.05, 0.1) is 12.2 Å². The lowest BCUT2D eigenvalue weighted by Gasteiger charge is -2.32. The Morgan fingerprint density at radius 3 is 2.62 bits per heavy atom. The Bertz CT molecular complexity index is 171. The highest BCUT2D eigenvalue weighted by Crippen LogP contribution is 2.27. The SMILES string of the molecule is C[C@H]1CCN[C@@H]([C@@H]2CC[C@H](C)O2)C1. The number of nitrogens with one attached hydrogen (secondary N) is 1. The molecule has 1 N–H and O–H groups in total. The van der Waals surface area contributed by atoms with Crippen molar-refractivity contribution >= 4 is 0 Å². The zero-order chi connectivity index (χ0) is 9.26. The summed E-state index contributed by atoms with van der Waals surface area (Å²) < 4.78 is 5.89. The van der Waals surface area contributed by atoms with E-state index in [1.165, 1.54) is 32.2 Å². The number of hydrogen-bond acceptors (Lipinski definition) is 2. The van der Waals surface area contributed by atoms with Crippen LogP contribution in [0.25, 0.3) is 0 Å². The first-order chi connectivity index (χ1) is 6.25. The first-order valence-electron chi connectivity index (χ1n) is 5.64. The third-order valence-corrected chi connectivity index (χ3v) is 3.41. The van der Waals surface area contributed by atoms with Gasteiger partial charge in [-0.2, -0.15) is 0 Å². The Morgan fingerprint density at radius 2 is 2.00 bits per heavy atom.